The van der Waals surface area contributed by atoms with Gasteiger partial charge in [-0.25, -0.2) is 0 Å². The van der Waals surface area contributed by atoms with Crippen molar-refractivity contribution in [1.29, 1.82) is 0 Å². The van der Waals surface area contributed by atoms with Gasteiger partial charge in [0.2, 0.25) is 0 Å². The Morgan fingerprint density at radius 1 is 1.36 bits per heavy atom. The molecule has 1 fully saturated rings. The van der Waals surface area contributed by atoms with Crippen LogP contribution in [-0.4, -0.2) is 11.3 Å². The highest BCUT2D eigenvalue weighted by Crippen LogP contribution is 2.25. The molecule has 0 bridgehead atoms. The monoisotopic (exact) mass is 191 g/mol. The van der Waals surface area contributed by atoms with E-state index in [2.05, 4.69) is 36.5 Å². The average Bonchev–Trinajstić information content (AvgIpc) is 2.18. The highest BCUT2D eigenvalue weighted by Gasteiger charge is 2.19. The number of aliphatic hydroxyl groups is 1. The zero-order valence-electron chi connectivity index (χ0n) is 8.53. The van der Waals surface area contributed by atoms with Gasteiger partial charge in [-0.2, -0.15) is 0 Å². The molecule has 0 saturated carbocycles. The van der Waals surface area contributed by atoms with Crippen molar-refractivity contribution in [3.8, 4) is 0 Å². The van der Waals surface area contributed by atoms with Crippen LogP contribution in [0.1, 0.15) is 36.4 Å². The van der Waals surface area contributed by atoms with E-state index in [1.54, 1.807) is 0 Å². The summed E-state index contributed by atoms with van der Waals surface area (Å²) in [7, 11) is 0. The summed E-state index contributed by atoms with van der Waals surface area (Å²) in [5.41, 5.74) is 2.58. The van der Waals surface area contributed by atoms with Crippen molar-refractivity contribution in [2.45, 2.75) is 38.5 Å². The molecule has 1 aromatic carbocycles. The number of hydrogen-bond acceptors (Lipinski definition) is 2. The first-order valence-corrected chi connectivity index (χ1v) is 5.26. The van der Waals surface area contributed by atoms with Crippen LogP contribution in [0.2, 0.25) is 0 Å². The standard InChI is InChI=1S/C12H17NO/c1-9-4-2-5-10(8-9)11-6-3-7-12(14)13-11/h2,4-5,8,11-14H,3,6-7H2,1H3. The van der Waals surface area contributed by atoms with E-state index in [4.69, 9.17) is 0 Å². The molecule has 0 aliphatic carbocycles. The van der Waals surface area contributed by atoms with Gasteiger partial charge >= 0.3 is 0 Å². The molecule has 1 saturated heterocycles. The highest BCUT2D eigenvalue weighted by atomic mass is 16.3. The largest absolute Gasteiger partial charge is 0.379 e. The molecule has 14 heavy (non-hydrogen) atoms. The van der Waals surface area contributed by atoms with Gasteiger partial charge in [-0.3, -0.25) is 5.32 Å². The van der Waals surface area contributed by atoms with Crippen LogP contribution in [0.3, 0.4) is 0 Å². The number of aryl methyl sites for hydroxylation is 1. The number of aliphatic hydroxyl groups excluding tert-OH is 1. The molecule has 2 atom stereocenters. The normalized spacial score (nSPS) is 27.6. The van der Waals surface area contributed by atoms with Gasteiger partial charge < -0.3 is 5.11 Å². The summed E-state index contributed by atoms with van der Waals surface area (Å²) in [5.74, 6) is 0. The number of rotatable bonds is 1. The van der Waals surface area contributed by atoms with Gasteiger partial charge in [0.05, 0.1) is 0 Å². The Morgan fingerprint density at radius 2 is 2.21 bits per heavy atom. The fourth-order valence-corrected chi connectivity index (χ4v) is 2.06. The Labute approximate surface area is 85.0 Å². The first kappa shape index (κ1) is 9.69. The molecule has 2 unspecified atom stereocenters. The lowest BCUT2D eigenvalue weighted by Crippen LogP contribution is -2.36. The van der Waals surface area contributed by atoms with E-state index in [0.717, 1.165) is 19.3 Å². The molecule has 0 radical (unpaired) electrons. The molecule has 2 rings (SSSR count). The van der Waals surface area contributed by atoms with Gasteiger partial charge in [-0.05, 0) is 31.7 Å². The van der Waals surface area contributed by atoms with Crippen molar-refractivity contribution < 1.29 is 5.11 Å². The van der Waals surface area contributed by atoms with Crippen molar-refractivity contribution in [3.05, 3.63) is 35.4 Å². The second-order valence-electron chi connectivity index (χ2n) is 4.08. The first-order valence-electron chi connectivity index (χ1n) is 5.26. The smallest absolute Gasteiger partial charge is 0.105 e. The predicted octanol–water partition coefficient (Wildman–Crippen LogP) is 2.13. The van der Waals surface area contributed by atoms with Crippen LogP contribution in [0.25, 0.3) is 0 Å². The maximum Gasteiger partial charge on any atom is 0.105 e. The zero-order chi connectivity index (χ0) is 9.97. The predicted molar refractivity (Wildman–Crippen MR) is 56.9 cm³/mol. The van der Waals surface area contributed by atoms with Gasteiger partial charge in [0.25, 0.3) is 0 Å². The average molecular weight is 191 g/mol. The number of piperidine rings is 1. The SMILES string of the molecule is Cc1cccc(C2CCCC(O)N2)c1. The molecule has 1 aromatic rings. The molecule has 0 amide bonds. The van der Waals surface area contributed by atoms with Crippen molar-refractivity contribution in [2.75, 3.05) is 0 Å². The molecule has 1 heterocycles. The van der Waals surface area contributed by atoms with Gasteiger partial charge in [0.15, 0.2) is 0 Å². The van der Waals surface area contributed by atoms with Crippen LogP contribution < -0.4 is 5.32 Å². The molecular weight excluding hydrogens is 174 g/mol. The minimum atomic E-state index is -0.325. The molecule has 76 valence electrons. The molecule has 2 nitrogen and oxygen atoms in total. The summed E-state index contributed by atoms with van der Waals surface area (Å²) in [5, 5.41) is 12.7. The van der Waals surface area contributed by atoms with E-state index in [1.165, 1.54) is 11.1 Å². The summed E-state index contributed by atoms with van der Waals surface area (Å²) in [4.78, 5) is 0. The molecule has 2 heteroatoms. The van der Waals surface area contributed by atoms with Crippen LogP contribution in [-0.2, 0) is 0 Å². The van der Waals surface area contributed by atoms with Crippen LogP contribution in [0.15, 0.2) is 24.3 Å². The Kier molecular flexibility index (Phi) is 2.85. The Hall–Kier alpha value is -0.860. The quantitative estimate of drug-likeness (QED) is 0.712. The number of hydrogen-bond donors (Lipinski definition) is 2. The Morgan fingerprint density at radius 3 is 2.93 bits per heavy atom. The lowest BCUT2D eigenvalue weighted by Gasteiger charge is -2.28. The van der Waals surface area contributed by atoms with Crippen molar-refractivity contribution in [2.24, 2.45) is 0 Å². The summed E-state index contributed by atoms with van der Waals surface area (Å²) < 4.78 is 0. The van der Waals surface area contributed by atoms with Gasteiger partial charge in [-0.15, -0.1) is 0 Å². The molecule has 2 N–H and O–H groups in total. The second-order valence-corrected chi connectivity index (χ2v) is 4.08. The van der Waals surface area contributed by atoms with Crippen LogP contribution >= 0.6 is 0 Å². The van der Waals surface area contributed by atoms with Gasteiger partial charge in [-0.1, -0.05) is 29.8 Å². The van der Waals surface area contributed by atoms with E-state index in [1.807, 2.05) is 0 Å². The fraction of sp³-hybridized carbons (Fsp3) is 0.500. The van der Waals surface area contributed by atoms with Crippen molar-refractivity contribution >= 4 is 0 Å². The molecular formula is C12H17NO. The Balaban J connectivity index is 2.14. The van der Waals surface area contributed by atoms with E-state index >= 15 is 0 Å². The third-order valence-electron chi connectivity index (χ3n) is 2.81. The minimum absolute atomic E-state index is 0.325. The fourth-order valence-electron chi connectivity index (χ4n) is 2.06. The summed E-state index contributed by atoms with van der Waals surface area (Å²) in [6, 6.07) is 8.83. The molecule has 0 spiro atoms. The van der Waals surface area contributed by atoms with Crippen LogP contribution in [0.5, 0.6) is 0 Å². The van der Waals surface area contributed by atoms with Crippen LogP contribution in [0, 0.1) is 6.92 Å². The van der Waals surface area contributed by atoms with Crippen molar-refractivity contribution in [3.63, 3.8) is 0 Å². The van der Waals surface area contributed by atoms with E-state index in [0.29, 0.717) is 6.04 Å². The molecule has 0 aromatic heterocycles. The van der Waals surface area contributed by atoms with E-state index in [-0.39, 0.29) is 6.23 Å². The van der Waals surface area contributed by atoms with E-state index < -0.39 is 0 Å². The highest BCUT2D eigenvalue weighted by molar-refractivity contribution is 5.25. The minimum Gasteiger partial charge on any atom is -0.379 e. The van der Waals surface area contributed by atoms with Gasteiger partial charge in [0, 0.05) is 6.04 Å². The first-order chi connectivity index (χ1) is 6.75. The lowest BCUT2D eigenvalue weighted by molar-refractivity contribution is 0.0852. The summed E-state index contributed by atoms with van der Waals surface area (Å²) in [6.45, 7) is 2.10. The number of benzene rings is 1. The van der Waals surface area contributed by atoms with Gasteiger partial charge in [0.1, 0.15) is 6.23 Å². The maximum atomic E-state index is 9.50. The Bertz CT molecular complexity index is 311. The topological polar surface area (TPSA) is 32.3 Å². The molecule has 1 aliphatic heterocycles. The summed E-state index contributed by atoms with van der Waals surface area (Å²) in [6.07, 6.45) is 2.78. The maximum absolute atomic E-state index is 9.50. The van der Waals surface area contributed by atoms with E-state index in [9.17, 15) is 5.11 Å². The summed E-state index contributed by atoms with van der Waals surface area (Å²) >= 11 is 0. The van der Waals surface area contributed by atoms with Crippen molar-refractivity contribution in [1.82, 2.24) is 5.32 Å². The third-order valence-corrected chi connectivity index (χ3v) is 2.81. The number of nitrogens with one attached hydrogen (secondary N) is 1. The second kappa shape index (κ2) is 4.11. The van der Waals surface area contributed by atoms with Crippen LogP contribution in [0.4, 0.5) is 0 Å². The lowest BCUT2D eigenvalue weighted by atomic mass is 9.96. The zero-order valence-corrected chi connectivity index (χ0v) is 8.53. The molecule has 1 aliphatic rings. The third kappa shape index (κ3) is 2.14.